The molecule has 1 aliphatic heterocycles. The highest BCUT2D eigenvalue weighted by Crippen LogP contribution is 2.11. The lowest BCUT2D eigenvalue weighted by Gasteiger charge is -2.27. The maximum atomic E-state index is 6.02. The molecule has 0 amide bonds. The van der Waals surface area contributed by atoms with Gasteiger partial charge in [0, 0.05) is 25.4 Å². The minimum atomic E-state index is 0. The molecule has 0 bridgehead atoms. The van der Waals surface area contributed by atoms with Crippen molar-refractivity contribution < 1.29 is 4.74 Å². The zero-order valence-corrected chi connectivity index (χ0v) is 15.1. The van der Waals surface area contributed by atoms with E-state index in [9.17, 15) is 0 Å². The second kappa shape index (κ2) is 9.07. The van der Waals surface area contributed by atoms with Gasteiger partial charge in [0.1, 0.15) is 0 Å². The predicted molar refractivity (Wildman–Crippen MR) is 96.2 cm³/mol. The van der Waals surface area contributed by atoms with Gasteiger partial charge in [-0.1, -0.05) is 6.07 Å². The second-order valence-corrected chi connectivity index (χ2v) is 5.39. The van der Waals surface area contributed by atoms with Gasteiger partial charge in [0.05, 0.1) is 12.6 Å². The summed E-state index contributed by atoms with van der Waals surface area (Å²) in [6, 6.07) is 3.86. The normalized spacial score (nSPS) is 15.8. The Labute approximate surface area is 144 Å². The Bertz CT molecular complexity index is 441. The minimum absolute atomic E-state index is 0. The van der Waals surface area contributed by atoms with Crippen LogP contribution in [0.2, 0.25) is 0 Å². The third-order valence-electron chi connectivity index (χ3n) is 3.26. The smallest absolute Gasteiger partial charge is 0.213 e. The number of pyridine rings is 1. The summed E-state index contributed by atoms with van der Waals surface area (Å²) in [5.41, 5.74) is 7.07. The zero-order valence-electron chi connectivity index (χ0n) is 12.8. The van der Waals surface area contributed by atoms with Crippen LogP contribution < -0.4 is 10.5 Å². The number of aromatic nitrogens is 1. The maximum absolute atomic E-state index is 6.02. The molecule has 1 aromatic heterocycles. The predicted octanol–water partition coefficient (Wildman–Crippen LogP) is 2.79. The first-order chi connectivity index (χ1) is 9.65. The van der Waals surface area contributed by atoms with Gasteiger partial charge in [0.15, 0.2) is 5.96 Å². The average Bonchev–Trinajstić information content (AvgIpc) is 2.46. The minimum Gasteiger partial charge on any atom is -0.475 e. The van der Waals surface area contributed by atoms with Crippen molar-refractivity contribution in [2.45, 2.75) is 45.8 Å². The maximum Gasteiger partial charge on any atom is 0.213 e. The van der Waals surface area contributed by atoms with Crippen LogP contribution in [0.3, 0.4) is 0 Å². The third kappa shape index (κ3) is 6.07. The standard InChI is InChI=1S/C15H24N4O.HI/c1-12(2)20-14-7-6-13(10-17-14)11-18-15(16)19-8-4-3-5-9-19;/h6-7,10,12H,3-5,8-9,11H2,1-2H3,(H2,16,18);1H. The van der Waals surface area contributed by atoms with Crippen molar-refractivity contribution in [2.75, 3.05) is 13.1 Å². The largest absolute Gasteiger partial charge is 0.475 e. The van der Waals surface area contributed by atoms with E-state index in [0.29, 0.717) is 18.4 Å². The van der Waals surface area contributed by atoms with Gasteiger partial charge in [-0.05, 0) is 38.7 Å². The highest BCUT2D eigenvalue weighted by molar-refractivity contribution is 14.0. The van der Waals surface area contributed by atoms with Crippen LogP contribution >= 0.6 is 24.0 Å². The number of aliphatic imine (C=N–C) groups is 1. The summed E-state index contributed by atoms with van der Waals surface area (Å²) in [7, 11) is 0. The molecule has 6 heteroatoms. The molecule has 0 unspecified atom stereocenters. The van der Waals surface area contributed by atoms with Crippen molar-refractivity contribution in [2.24, 2.45) is 10.7 Å². The molecule has 21 heavy (non-hydrogen) atoms. The van der Waals surface area contributed by atoms with E-state index in [2.05, 4.69) is 14.9 Å². The number of likely N-dealkylation sites (tertiary alicyclic amines) is 1. The lowest BCUT2D eigenvalue weighted by molar-refractivity contribution is 0.232. The average molecular weight is 404 g/mol. The monoisotopic (exact) mass is 404 g/mol. The SMILES string of the molecule is CC(C)Oc1ccc(CN=C(N)N2CCCCC2)cn1.I. The molecule has 0 radical (unpaired) electrons. The number of hydrogen-bond donors (Lipinski definition) is 1. The summed E-state index contributed by atoms with van der Waals surface area (Å²) in [6.07, 6.45) is 5.65. The first-order valence-corrected chi connectivity index (χ1v) is 7.31. The van der Waals surface area contributed by atoms with Gasteiger partial charge in [0.2, 0.25) is 5.88 Å². The summed E-state index contributed by atoms with van der Waals surface area (Å²) in [4.78, 5) is 10.9. The number of piperidine rings is 1. The molecule has 0 saturated carbocycles. The fraction of sp³-hybridized carbons (Fsp3) is 0.600. The number of guanidine groups is 1. The van der Waals surface area contributed by atoms with Crippen molar-refractivity contribution in [1.82, 2.24) is 9.88 Å². The molecule has 2 heterocycles. The van der Waals surface area contributed by atoms with E-state index in [-0.39, 0.29) is 30.1 Å². The summed E-state index contributed by atoms with van der Waals surface area (Å²) in [5.74, 6) is 1.30. The van der Waals surface area contributed by atoms with Gasteiger partial charge in [-0.3, -0.25) is 0 Å². The third-order valence-corrected chi connectivity index (χ3v) is 3.26. The highest BCUT2D eigenvalue weighted by atomic mass is 127. The molecule has 0 atom stereocenters. The van der Waals surface area contributed by atoms with Crippen molar-refractivity contribution in [3.05, 3.63) is 23.9 Å². The van der Waals surface area contributed by atoms with Gasteiger partial charge < -0.3 is 15.4 Å². The zero-order chi connectivity index (χ0) is 14.4. The van der Waals surface area contributed by atoms with Crippen molar-refractivity contribution in [1.29, 1.82) is 0 Å². The topological polar surface area (TPSA) is 63.7 Å². The summed E-state index contributed by atoms with van der Waals surface area (Å²) in [5, 5.41) is 0. The molecular formula is C15H25IN4O. The van der Waals surface area contributed by atoms with E-state index in [4.69, 9.17) is 10.5 Å². The van der Waals surface area contributed by atoms with Gasteiger partial charge in [-0.25, -0.2) is 9.98 Å². The van der Waals surface area contributed by atoms with Crippen molar-refractivity contribution >= 4 is 29.9 Å². The van der Waals surface area contributed by atoms with Crippen LogP contribution in [0.1, 0.15) is 38.7 Å². The van der Waals surface area contributed by atoms with Gasteiger partial charge >= 0.3 is 0 Å². The van der Waals surface area contributed by atoms with Gasteiger partial charge in [0.25, 0.3) is 0 Å². The molecular weight excluding hydrogens is 379 g/mol. The van der Waals surface area contributed by atoms with E-state index in [0.717, 1.165) is 18.7 Å². The summed E-state index contributed by atoms with van der Waals surface area (Å²) in [6.45, 7) is 6.58. The Morgan fingerprint density at radius 1 is 1.33 bits per heavy atom. The molecule has 118 valence electrons. The van der Waals surface area contributed by atoms with Gasteiger partial charge in [-0.2, -0.15) is 0 Å². The number of nitrogens with zero attached hydrogens (tertiary/aromatic N) is 3. The van der Waals surface area contributed by atoms with Crippen molar-refractivity contribution in [3.8, 4) is 5.88 Å². The van der Waals surface area contributed by atoms with Crippen LogP contribution in [0.5, 0.6) is 5.88 Å². The first kappa shape index (κ1) is 18.0. The Balaban J connectivity index is 0.00000220. The van der Waals surface area contributed by atoms with E-state index >= 15 is 0 Å². The van der Waals surface area contributed by atoms with E-state index in [1.54, 1.807) is 6.20 Å². The van der Waals surface area contributed by atoms with Crippen molar-refractivity contribution in [3.63, 3.8) is 0 Å². The number of hydrogen-bond acceptors (Lipinski definition) is 3. The summed E-state index contributed by atoms with van der Waals surface area (Å²) < 4.78 is 5.51. The van der Waals surface area contributed by atoms with Crippen LogP contribution in [-0.2, 0) is 6.54 Å². The summed E-state index contributed by atoms with van der Waals surface area (Å²) >= 11 is 0. The molecule has 1 fully saturated rings. The van der Waals surface area contributed by atoms with E-state index < -0.39 is 0 Å². The van der Waals surface area contributed by atoms with E-state index in [1.165, 1.54) is 19.3 Å². The molecule has 0 aliphatic carbocycles. The molecule has 1 aromatic rings. The van der Waals surface area contributed by atoms with Crippen LogP contribution in [0.15, 0.2) is 23.3 Å². The quantitative estimate of drug-likeness (QED) is 0.476. The Hall–Kier alpha value is -1.05. The molecule has 0 spiro atoms. The molecule has 1 aliphatic rings. The number of rotatable bonds is 4. The van der Waals surface area contributed by atoms with E-state index in [1.807, 2.05) is 26.0 Å². The number of nitrogens with two attached hydrogens (primary N) is 1. The molecule has 2 N–H and O–H groups in total. The van der Waals surface area contributed by atoms with Gasteiger partial charge in [-0.15, -0.1) is 24.0 Å². The Kier molecular flexibility index (Phi) is 7.77. The lowest BCUT2D eigenvalue weighted by Crippen LogP contribution is -2.40. The van der Waals surface area contributed by atoms with Crippen LogP contribution in [0.4, 0.5) is 0 Å². The second-order valence-electron chi connectivity index (χ2n) is 5.39. The Morgan fingerprint density at radius 2 is 2.05 bits per heavy atom. The molecule has 5 nitrogen and oxygen atoms in total. The molecule has 2 rings (SSSR count). The van der Waals surface area contributed by atoms with Crippen LogP contribution in [0, 0.1) is 0 Å². The Morgan fingerprint density at radius 3 is 2.62 bits per heavy atom. The molecule has 0 aromatic carbocycles. The fourth-order valence-corrected chi connectivity index (χ4v) is 2.21. The number of halogens is 1. The molecule has 1 saturated heterocycles. The first-order valence-electron chi connectivity index (χ1n) is 7.31. The lowest BCUT2D eigenvalue weighted by atomic mass is 10.1. The highest BCUT2D eigenvalue weighted by Gasteiger charge is 2.11. The fourth-order valence-electron chi connectivity index (χ4n) is 2.21. The van der Waals surface area contributed by atoms with Crippen LogP contribution in [-0.4, -0.2) is 35.0 Å². The van der Waals surface area contributed by atoms with Crippen LogP contribution in [0.25, 0.3) is 0 Å². The number of ether oxygens (including phenoxy) is 1.